The molecule has 88 valence electrons. The van der Waals surface area contributed by atoms with Crippen molar-refractivity contribution in [1.29, 1.82) is 0 Å². The van der Waals surface area contributed by atoms with Gasteiger partial charge in [0.15, 0.2) is 0 Å². The molecule has 0 aliphatic rings. The molecule has 17 heavy (non-hydrogen) atoms. The van der Waals surface area contributed by atoms with Crippen LogP contribution in [0.5, 0.6) is 0 Å². The Labute approximate surface area is 126 Å². The van der Waals surface area contributed by atoms with Crippen molar-refractivity contribution >= 4 is 66.6 Å². The van der Waals surface area contributed by atoms with Gasteiger partial charge in [-0.15, -0.1) is 0 Å². The third-order valence-electron chi connectivity index (χ3n) is 1.99. The number of nitrogens with one attached hydrogen (secondary N) is 1. The first-order valence-electron chi connectivity index (χ1n) is 4.59. The molecule has 2 rings (SSSR count). The Kier molecular flexibility index (Phi) is 4.31. The van der Waals surface area contributed by atoms with E-state index in [1.807, 2.05) is 6.07 Å². The number of halogens is 4. The molecule has 0 saturated heterocycles. The molecule has 0 saturated carbocycles. The second kappa shape index (κ2) is 5.57. The summed E-state index contributed by atoms with van der Waals surface area (Å²) in [5, 5.41) is 4.28. The van der Waals surface area contributed by atoms with Crippen molar-refractivity contribution in [3.63, 3.8) is 0 Å². The summed E-state index contributed by atoms with van der Waals surface area (Å²) in [5.41, 5.74) is 0.756. The van der Waals surface area contributed by atoms with Gasteiger partial charge in [0.2, 0.25) is 0 Å². The number of aromatic nitrogens is 1. The number of pyridine rings is 1. The zero-order valence-corrected chi connectivity index (χ0v) is 13.0. The van der Waals surface area contributed by atoms with Gasteiger partial charge in [0.05, 0.1) is 15.2 Å². The second-order valence-corrected chi connectivity index (χ2v) is 5.85. The molecule has 2 aromatic rings. The molecule has 6 heteroatoms. The van der Waals surface area contributed by atoms with Crippen LogP contribution in [-0.4, -0.2) is 4.98 Å². The monoisotopic (exact) mass is 394 g/mol. The Morgan fingerprint density at radius 2 is 1.88 bits per heavy atom. The van der Waals surface area contributed by atoms with Crippen molar-refractivity contribution in [1.82, 2.24) is 4.98 Å². The van der Waals surface area contributed by atoms with E-state index < -0.39 is 0 Å². The molecular weight excluding hydrogens is 391 g/mol. The van der Waals surface area contributed by atoms with Gasteiger partial charge >= 0.3 is 0 Å². The van der Waals surface area contributed by atoms with Gasteiger partial charge in [-0.2, -0.15) is 0 Å². The number of nitrogens with zero attached hydrogens (tertiary/aromatic N) is 1. The molecule has 0 amide bonds. The van der Waals surface area contributed by atoms with Gasteiger partial charge in [-0.05, 0) is 56.1 Å². The lowest BCUT2D eigenvalue weighted by atomic mass is 10.3. The van der Waals surface area contributed by atoms with E-state index in [4.69, 9.17) is 23.2 Å². The first-order valence-corrected chi connectivity index (χ1v) is 6.93. The van der Waals surface area contributed by atoms with Crippen LogP contribution in [0.15, 0.2) is 39.4 Å². The summed E-state index contributed by atoms with van der Waals surface area (Å²) < 4.78 is 1.75. The Hall–Kier alpha value is -0.290. The van der Waals surface area contributed by atoms with E-state index in [2.05, 4.69) is 42.2 Å². The highest BCUT2D eigenvalue weighted by Crippen LogP contribution is 2.31. The van der Waals surface area contributed by atoms with E-state index in [0.29, 0.717) is 15.9 Å². The highest BCUT2D eigenvalue weighted by molar-refractivity contribution is 9.11. The molecule has 2 nitrogen and oxygen atoms in total. The summed E-state index contributed by atoms with van der Waals surface area (Å²) in [6.07, 6.45) is 1.71. The van der Waals surface area contributed by atoms with E-state index in [-0.39, 0.29) is 0 Å². The number of hydrogen-bond acceptors (Lipinski definition) is 2. The fraction of sp³-hybridized carbons (Fsp3) is 0. The maximum absolute atomic E-state index is 6.06. The van der Waals surface area contributed by atoms with E-state index in [0.717, 1.165) is 14.6 Å². The lowest BCUT2D eigenvalue weighted by Gasteiger charge is -2.09. The molecule has 0 unspecified atom stereocenters. The Balaban J connectivity index is 2.31. The maximum Gasteiger partial charge on any atom is 0.144 e. The highest BCUT2D eigenvalue weighted by atomic mass is 79.9. The van der Waals surface area contributed by atoms with Crippen molar-refractivity contribution in [2.24, 2.45) is 0 Å². The fourth-order valence-corrected chi connectivity index (χ4v) is 2.77. The maximum atomic E-state index is 6.06. The van der Waals surface area contributed by atoms with Gasteiger partial charge in [0.1, 0.15) is 5.82 Å². The third kappa shape index (κ3) is 3.35. The molecule has 1 aromatic carbocycles. The Morgan fingerprint density at radius 3 is 2.53 bits per heavy atom. The van der Waals surface area contributed by atoms with Crippen LogP contribution in [0, 0.1) is 0 Å². The van der Waals surface area contributed by atoms with E-state index in [1.165, 1.54) is 0 Å². The minimum Gasteiger partial charge on any atom is -0.338 e. The molecule has 1 N–H and O–H groups in total. The molecule has 0 aliphatic heterocycles. The van der Waals surface area contributed by atoms with Crippen LogP contribution in [0.1, 0.15) is 0 Å². The number of anilines is 2. The second-order valence-electron chi connectivity index (χ2n) is 3.23. The van der Waals surface area contributed by atoms with Crippen molar-refractivity contribution in [2.45, 2.75) is 0 Å². The minimum atomic E-state index is 0.550. The minimum absolute atomic E-state index is 0.550. The topological polar surface area (TPSA) is 24.9 Å². The molecule has 0 radical (unpaired) electrons. The first kappa shape index (κ1) is 13.1. The number of benzene rings is 1. The number of hydrogen-bond donors (Lipinski definition) is 1. The van der Waals surface area contributed by atoms with Crippen molar-refractivity contribution in [2.75, 3.05) is 5.32 Å². The van der Waals surface area contributed by atoms with Crippen molar-refractivity contribution < 1.29 is 0 Å². The predicted molar refractivity (Wildman–Crippen MR) is 79.4 cm³/mol. The average Bonchev–Trinajstić information content (AvgIpc) is 2.25. The molecule has 0 aliphatic carbocycles. The van der Waals surface area contributed by atoms with Gasteiger partial charge in [-0.25, -0.2) is 4.98 Å². The SMILES string of the molecule is Clc1ccc(Nc2ncc(Br)cc2Br)c(Cl)c1. The molecule has 0 bridgehead atoms. The van der Waals surface area contributed by atoms with Crippen LogP contribution in [0.3, 0.4) is 0 Å². The van der Waals surface area contributed by atoms with Crippen molar-refractivity contribution in [3.05, 3.63) is 49.5 Å². The molecule has 1 heterocycles. The summed E-state index contributed by atoms with van der Waals surface area (Å²) in [6, 6.07) is 7.15. The summed E-state index contributed by atoms with van der Waals surface area (Å²) in [7, 11) is 0. The summed E-state index contributed by atoms with van der Waals surface area (Å²) >= 11 is 18.7. The van der Waals surface area contributed by atoms with E-state index in [9.17, 15) is 0 Å². The molecule has 0 fully saturated rings. The predicted octanol–water partition coefficient (Wildman–Crippen LogP) is 5.66. The summed E-state index contributed by atoms with van der Waals surface area (Å²) in [6.45, 7) is 0. The lowest BCUT2D eigenvalue weighted by molar-refractivity contribution is 1.27. The average molecular weight is 397 g/mol. The Bertz CT molecular complexity index is 512. The Morgan fingerprint density at radius 1 is 1.12 bits per heavy atom. The summed E-state index contributed by atoms with van der Waals surface area (Å²) in [5.74, 6) is 0.692. The van der Waals surface area contributed by atoms with Crippen LogP contribution in [0.4, 0.5) is 11.5 Å². The van der Waals surface area contributed by atoms with Crippen LogP contribution < -0.4 is 5.32 Å². The molecule has 1 aromatic heterocycles. The third-order valence-corrected chi connectivity index (χ3v) is 3.58. The van der Waals surface area contributed by atoms with Gasteiger partial charge in [0.25, 0.3) is 0 Å². The standard InChI is InChI=1S/C11H6Br2Cl2N2/c12-6-3-8(13)11(16-5-6)17-10-2-1-7(14)4-9(10)15/h1-5H,(H,16,17). The van der Waals surface area contributed by atoms with Gasteiger partial charge in [-0.3, -0.25) is 0 Å². The number of rotatable bonds is 2. The highest BCUT2D eigenvalue weighted by Gasteiger charge is 2.06. The quantitative estimate of drug-likeness (QED) is 0.708. The lowest BCUT2D eigenvalue weighted by Crippen LogP contribution is -1.95. The van der Waals surface area contributed by atoms with Gasteiger partial charge < -0.3 is 5.32 Å². The normalized spacial score (nSPS) is 10.4. The van der Waals surface area contributed by atoms with E-state index in [1.54, 1.807) is 24.4 Å². The van der Waals surface area contributed by atoms with Crippen LogP contribution in [0.2, 0.25) is 10.0 Å². The van der Waals surface area contributed by atoms with E-state index >= 15 is 0 Å². The largest absolute Gasteiger partial charge is 0.338 e. The molecular formula is C11H6Br2Cl2N2. The zero-order chi connectivity index (χ0) is 12.4. The first-order chi connectivity index (χ1) is 8.06. The van der Waals surface area contributed by atoms with Gasteiger partial charge in [0, 0.05) is 15.7 Å². The smallest absolute Gasteiger partial charge is 0.144 e. The molecule has 0 atom stereocenters. The van der Waals surface area contributed by atoms with Gasteiger partial charge in [-0.1, -0.05) is 23.2 Å². The van der Waals surface area contributed by atoms with Crippen LogP contribution in [0.25, 0.3) is 0 Å². The van der Waals surface area contributed by atoms with Crippen LogP contribution in [-0.2, 0) is 0 Å². The van der Waals surface area contributed by atoms with Crippen molar-refractivity contribution in [3.8, 4) is 0 Å². The summed E-state index contributed by atoms with van der Waals surface area (Å²) in [4.78, 5) is 4.24. The fourth-order valence-electron chi connectivity index (χ4n) is 1.22. The van der Waals surface area contributed by atoms with Crippen LogP contribution >= 0.6 is 55.1 Å². The molecule has 0 spiro atoms. The zero-order valence-electron chi connectivity index (χ0n) is 8.35.